The summed E-state index contributed by atoms with van der Waals surface area (Å²) in [6.07, 6.45) is 0.677. The molecule has 3 atom stereocenters. The second-order valence-corrected chi connectivity index (χ2v) is 5.56. The molecule has 2 heterocycles. The third-order valence-electron chi connectivity index (χ3n) is 4.15. The normalized spacial score (nSPS) is 27.7. The molecule has 4 N–H and O–H groups in total. The molecule has 0 aromatic heterocycles. The van der Waals surface area contributed by atoms with Crippen LogP contribution in [0, 0.1) is 11.8 Å². The summed E-state index contributed by atoms with van der Waals surface area (Å²) in [6.45, 7) is 1.20. The highest BCUT2D eigenvalue weighted by atomic mass is 16.3. The van der Waals surface area contributed by atoms with Gasteiger partial charge in [0.15, 0.2) is 11.7 Å². The van der Waals surface area contributed by atoms with Crippen molar-refractivity contribution in [1.82, 2.24) is 10.6 Å². The van der Waals surface area contributed by atoms with Gasteiger partial charge >= 0.3 is 0 Å². The van der Waals surface area contributed by atoms with Crippen LogP contribution in [0.25, 0.3) is 0 Å². The number of anilines is 1. The zero-order valence-corrected chi connectivity index (χ0v) is 11.8. The highest BCUT2D eigenvalue weighted by Gasteiger charge is 2.47. The van der Waals surface area contributed by atoms with E-state index in [1.807, 2.05) is 0 Å². The van der Waals surface area contributed by atoms with Gasteiger partial charge < -0.3 is 21.1 Å². The molecule has 2 aliphatic rings. The number of phenols is 1. The minimum atomic E-state index is -1.37. The molecule has 0 saturated carbocycles. The Morgan fingerprint density at radius 1 is 1.27 bits per heavy atom. The minimum absolute atomic E-state index is 0.114. The zero-order chi connectivity index (χ0) is 15.7. The molecule has 2 aliphatic heterocycles. The monoisotopic (exact) mass is 303 g/mol. The lowest BCUT2D eigenvalue weighted by Gasteiger charge is -2.37. The fourth-order valence-electron chi connectivity index (χ4n) is 2.97. The molecule has 3 rings (SSSR count). The lowest BCUT2D eigenvalue weighted by molar-refractivity contribution is -0.146. The summed E-state index contributed by atoms with van der Waals surface area (Å²) in [7, 11) is 0. The SMILES string of the molecule is O=C(Nc1ccccc1O)C1C(=O)NC2CCNCC2C1=O. The molecule has 2 amide bonds. The molecule has 22 heavy (non-hydrogen) atoms. The number of Topliss-reactive ketones (excluding diaryl/α,β-unsaturated/α-hetero) is 1. The van der Waals surface area contributed by atoms with Crippen molar-refractivity contribution in [1.29, 1.82) is 0 Å². The van der Waals surface area contributed by atoms with E-state index in [0.29, 0.717) is 13.0 Å². The molecule has 0 aliphatic carbocycles. The van der Waals surface area contributed by atoms with Gasteiger partial charge in [0.25, 0.3) is 0 Å². The first-order valence-electron chi connectivity index (χ1n) is 7.21. The topological polar surface area (TPSA) is 108 Å². The highest BCUT2D eigenvalue weighted by Crippen LogP contribution is 2.26. The number of nitrogens with one attached hydrogen (secondary N) is 3. The van der Waals surface area contributed by atoms with E-state index in [-0.39, 0.29) is 29.2 Å². The van der Waals surface area contributed by atoms with Crippen LogP contribution in [-0.2, 0) is 14.4 Å². The Bertz CT molecular complexity index is 631. The van der Waals surface area contributed by atoms with Crippen molar-refractivity contribution in [3.63, 3.8) is 0 Å². The van der Waals surface area contributed by atoms with Crippen molar-refractivity contribution < 1.29 is 19.5 Å². The van der Waals surface area contributed by atoms with Crippen molar-refractivity contribution in [3.8, 4) is 5.75 Å². The Morgan fingerprint density at radius 3 is 2.82 bits per heavy atom. The Hall–Kier alpha value is -2.41. The van der Waals surface area contributed by atoms with Crippen LogP contribution in [0.4, 0.5) is 5.69 Å². The predicted octanol–water partition coefficient (Wildman–Crippen LogP) is -0.376. The lowest BCUT2D eigenvalue weighted by Crippen LogP contribution is -2.62. The van der Waals surface area contributed by atoms with Gasteiger partial charge in [0.2, 0.25) is 11.8 Å². The number of benzene rings is 1. The Kier molecular flexibility index (Phi) is 3.81. The van der Waals surface area contributed by atoms with Crippen molar-refractivity contribution in [2.75, 3.05) is 18.4 Å². The van der Waals surface area contributed by atoms with Crippen LogP contribution in [-0.4, -0.2) is 41.8 Å². The molecule has 7 nitrogen and oxygen atoms in total. The fourth-order valence-corrected chi connectivity index (χ4v) is 2.97. The van der Waals surface area contributed by atoms with Gasteiger partial charge in [0, 0.05) is 12.6 Å². The molecule has 0 radical (unpaired) electrons. The standard InChI is InChI=1S/C15H17N3O4/c19-11-4-2-1-3-10(11)18-15(22)12-13(20)8-7-16-6-5-9(8)17-14(12)21/h1-4,8-9,12,16,19H,5-7H2,(H,17,21)(H,18,22). The van der Waals surface area contributed by atoms with Crippen molar-refractivity contribution in [3.05, 3.63) is 24.3 Å². The maximum absolute atomic E-state index is 12.5. The van der Waals surface area contributed by atoms with Gasteiger partial charge in [-0.15, -0.1) is 0 Å². The molecule has 2 saturated heterocycles. The number of rotatable bonds is 2. The van der Waals surface area contributed by atoms with Gasteiger partial charge in [-0.3, -0.25) is 14.4 Å². The average molecular weight is 303 g/mol. The largest absolute Gasteiger partial charge is 0.506 e. The van der Waals surface area contributed by atoms with E-state index < -0.39 is 17.7 Å². The highest BCUT2D eigenvalue weighted by molar-refractivity contribution is 6.23. The van der Waals surface area contributed by atoms with Crippen LogP contribution in [0.2, 0.25) is 0 Å². The number of ketones is 1. The summed E-state index contributed by atoms with van der Waals surface area (Å²) in [5.74, 6) is -3.52. The quantitative estimate of drug-likeness (QED) is 0.440. The Morgan fingerprint density at radius 2 is 2.05 bits per heavy atom. The van der Waals surface area contributed by atoms with E-state index in [4.69, 9.17) is 0 Å². The Balaban J connectivity index is 1.78. The molecule has 2 fully saturated rings. The minimum Gasteiger partial charge on any atom is -0.506 e. The molecule has 0 bridgehead atoms. The second kappa shape index (κ2) is 5.76. The number of hydrogen-bond acceptors (Lipinski definition) is 5. The van der Waals surface area contributed by atoms with Crippen LogP contribution in [0.1, 0.15) is 6.42 Å². The summed E-state index contributed by atoms with van der Waals surface area (Å²) < 4.78 is 0. The summed E-state index contributed by atoms with van der Waals surface area (Å²) in [4.78, 5) is 36.9. The van der Waals surface area contributed by atoms with Crippen LogP contribution in [0.15, 0.2) is 24.3 Å². The first-order chi connectivity index (χ1) is 10.6. The fraction of sp³-hybridized carbons (Fsp3) is 0.400. The number of fused-ring (bicyclic) bond motifs is 1. The van der Waals surface area contributed by atoms with E-state index in [1.54, 1.807) is 12.1 Å². The Labute approximate surface area is 127 Å². The third kappa shape index (κ3) is 2.55. The van der Waals surface area contributed by atoms with Crippen LogP contribution >= 0.6 is 0 Å². The number of carbonyl (C=O) groups excluding carboxylic acids is 3. The number of carbonyl (C=O) groups is 3. The summed E-state index contributed by atoms with van der Waals surface area (Å²) in [5, 5.41) is 18.0. The zero-order valence-electron chi connectivity index (χ0n) is 11.8. The van der Waals surface area contributed by atoms with Gasteiger partial charge in [-0.25, -0.2) is 0 Å². The van der Waals surface area contributed by atoms with Crippen molar-refractivity contribution in [2.24, 2.45) is 11.8 Å². The molecule has 1 aromatic carbocycles. The summed E-state index contributed by atoms with van der Waals surface area (Å²) in [5.41, 5.74) is 0.178. The van der Waals surface area contributed by atoms with Crippen molar-refractivity contribution in [2.45, 2.75) is 12.5 Å². The first kappa shape index (κ1) is 14.5. The van der Waals surface area contributed by atoms with E-state index in [1.165, 1.54) is 12.1 Å². The second-order valence-electron chi connectivity index (χ2n) is 5.56. The van der Waals surface area contributed by atoms with Crippen LogP contribution in [0.5, 0.6) is 5.75 Å². The summed E-state index contributed by atoms with van der Waals surface area (Å²) in [6, 6.07) is 5.97. The van der Waals surface area contributed by atoms with Gasteiger partial charge in [-0.2, -0.15) is 0 Å². The summed E-state index contributed by atoms with van der Waals surface area (Å²) >= 11 is 0. The number of piperidine rings is 2. The maximum atomic E-state index is 12.5. The molecular weight excluding hydrogens is 286 g/mol. The van der Waals surface area contributed by atoms with E-state index >= 15 is 0 Å². The van der Waals surface area contributed by atoms with E-state index in [2.05, 4.69) is 16.0 Å². The first-order valence-corrected chi connectivity index (χ1v) is 7.21. The van der Waals surface area contributed by atoms with E-state index in [9.17, 15) is 19.5 Å². The van der Waals surface area contributed by atoms with Gasteiger partial charge in [0.1, 0.15) is 5.75 Å². The third-order valence-corrected chi connectivity index (χ3v) is 4.15. The van der Waals surface area contributed by atoms with Crippen molar-refractivity contribution >= 4 is 23.3 Å². The molecule has 1 aromatic rings. The number of amides is 2. The predicted molar refractivity (Wildman–Crippen MR) is 78.1 cm³/mol. The van der Waals surface area contributed by atoms with Gasteiger partial charge in [-0.1, -0.05) is 12.1 Å². The molecular formula is C15H17N3O4. The average Bonchev–Trinajstić information content (AvgIpc) is 2.49. The molecule has 116 valence electrons. The van der Waals surface area contributed by atoms with Crippen LogP contribution < -0.4 is 16.0 Å². The van der Waals surface area contributed by atoms with E-state index in [0.717, 1.165) is 6.54 Å². The van der Waals surface area contributed by atoms with Crippen LogP contribution in [0.3, 0.4) is 0 Å². The molecule has 7 heteroatoms. The smallest absolute Gasteiger partial charge is 0.244 e. The number of para-hydroxylation sites is 2. The molecule has 0 spiro atoms. The molecule has 3 unspecified atom stereocenters. The number of phenolic OH excluding ortho intramolecular Hbond substituents is 1. The lowest BCUT2D eigenvalue weighted by atomic mass is 9.79. The van der Waals surface area contributed by atoms with Gasteiger partial charge in [-0.05, 0) is 25.1 Å². The number of hydrogen-bond donors (Lipinski definition) is 4. The van der Waals surface area contributed by atoms with Gasteiger partial charge in [0.05, 0.1) is 11.6 Å². The maximum Gasteiger partial charge on any atom is 0.244 e. The number of aromatic hydroxyl groups is 1.